The molecule has 2 saturated heterocycles. The lowest BCUT2D eigenvalue weighted by Gasteiger charge is -2.35. The number of nitrogens with zero attached hydrogens (tertiary/aromatic N) is 2. The molecule has 3 rings (SSSR count). The quantitative estimate of drug-likeness (QED) is 0.0815. The lowest BCUT2D eigenvalue weighted by molar-refractivity contribution is -0.245. The second-order valence-corrected chi connectivity index (χ2v) is 16.1. The van der Waals surface area contributed by atoms with Gasteiger partial charge in [-0.2, -0.15) is 12.9 Å². The minimum absolute atomic E-state index is 0.648. The summed E-state index contributed by atoms with van der Waals surface area (Å²) in [6.07, 6.45) is -14.2. The Morgan fingerprint density at radius 3 is 1.86 bits per heavy atom. The van der Waals surface area contributed by atoms with Crippen LogP contribution in [0.2, 0.25) is 0 Å². The Balaban J connectivity index is 0.00000107. The Labute approximate surface area is 276 Å². The SMILES string of the molecule is CCN(CC)CC.O=c1ccn([C@@H]2O[C@H](COP(=O)(O)OP(=O)(O)OP(=O)(O)OP(=O)(O)O[C@H]3OC[C@@H](O)[C@H](O)[C@H]3O)[C@@H](O)[C@H]2O)c(=O)[nH]1. The fourth-order valence-corrected chi connectivity index (χ4v) is 9.06. The van der Waals surface area contributed by atoms with Crippen LogP contribution < -0.4 is 11.2 Å². The molecule has 4 unspecified atom stereocenters. The van der Waals surface area contributed by atoms with Crippen molar-refractivity contribution in [1.29, 1.82) is 0 Å². The number of phosphoric ester groups is 2. The first kappa shape index (κ1) is 44.1. The van der Waals surface area contributed by atoms with Crippen LogP contribution in [0.3, 0.4) is 0 Å². The smallest absolute Gasteiger partial charge is 0.388 e. The number of H-pyrrole nitrogens is 1. The highest BCUT2D eigenvalue weighted by Crippen LogP contribution is 2.71. The van der Waals surface area contributed by atoms with E-state index in [-0.39, 0.29) is 0 Å². The molecule has 0 radical (unpaired) electrons. The van der Waals surface area contributed by atoms with Crippen molar-refractivity contribution < 1.29 is 94.8 Å². The monoisotopic (exact) mass is 797 g/mol. The lowest BCUT2D eigenvalue weighted by Crippen LogP contribution is -2.53. The average molecular weight is 797 g/mol. The number of aromatic amines is 1. The zero-order chi connectivity index (χ0) is 37.5. The minimum Gasteiger partial charge on any atom is -0.388 e. The van der Waals surface area contributed by atoms with E-state index in [4.69, 9.17) is 4.74 Å². The summed E-state index contributed by atoms with van der Waals surface area (Å²) >= 11 is 0. The minimum atomic E-state index is -6.21. The van der Waals surface area contributed by atoms with Crippen molar-refractivity contribution in [3.63, 3.8) is 0 Å². The van der Waals surface area contributed by atoms with Crippen LogP contribution in [0, 0.1) is 0 Å². The maximum atomic E-state index is 12.1. The third-order valence-electron chi connectivity index (χ3n) is 6.52. The zero-order valence-electron chi connectivity index (χ0n) is 25.8. The summed E-state index contributed by atoms with van der Waals surface area (Å²) in [5.74, 6) is 0. The molecular formula is C20H39N3O22P4. The molecule has 2 aliphatic rings. The molecule has 2 aliphatic heterocycles. The van der Waals surface area contributed by atoms with E-state index in [1.807, 2.05) is 4.98 Å². The molecular weight excluding hydrogens is 758 g/mol. The second-order valence-electron chi connectivity index (χ2n) is 9.95. The lowest BCUT2D eigenvalue weighted by atomic mass is 10.1. The molecule has 0 spiro atoms. The number of hydrogen-bond donors (Lipinski definition) is 10. The van der Waals surface area contributed by atoms with Crippen LogP contribution in [0.15, 0.2) is 21.9 Å². The van der Waals surface area contributed by atoms with E-state index in [1.54, 1.807) is 0 Å². The van der Waals surface area contributed by atoms with Gasteiger partial charge >= 0.3 is 37.0 Å². The van der Waals surface area contributed by atoms with Gasteiger partial charge < -0.3 is 59.5 Å². The topological polar surface area (TPSA) is 373 Å². The summed E-state index contributed by atoms with van der Waals surface area (Å²) in [4.78, 5) is 65.8. The number of aromatic nitrogens is 2. The van der Waals surface area contributed by atoms with E-state index in [0.29, 0.717) is 4.57 Å². The fourth-order valence-electron chi connectivity index (χ4n) is 4.03. The maximum Gasteiger partial charge on any atom is 0.490 e. The van der Waals surface area contributed by atoms with Crippen molar-refractivity contribution >= 4 is 31.3 Å². The van der Waals surface area contributed by atoms with Crippen LogP contribution in [0.25, 0.3) is 0 Å². The van der Waals surface area contributed by atoms with Gasteiger partial charge in [0.1, 0.15) is 36.6 Å². The highest BCUT2D eigenvalue weighted by molar-refractivity contribution is 7.69. The standard InChI is InChI=1S/C14H24N2O22P4.C6H15N/c17-5-3-32-13(11(22)8(5)19)35-40(26,27)37-42(30,31)38-41(28,29)36-39(24,25)33-4-6-9(20)10(21)12(34-6)16-2-1-7(18)15-14(16)23;1-4-7(5-2)6-3/h1-2,5-6,8-13,17,19-22H,3-4H2,(H,24,25)(H,26,27)(H,28,29)(H,30,31)(H,15,18,23);4-6H2,1-3H3/t5-,6-,8+,9-,10-,11-,12-,13-;/m1./s1. The summed E-state index contributed by atoms with van der Waals surface area (Å²) in [6, 6.07) is 0.871. The molecule has 0 amide bonds. The van der Waals surface area contributed by atoms with Crippen LogP contribution in [0.5, 0.6) is 0 Å². The molecule has 49 heavy (non-hydrogen) atoms. The Hall–Kier alpha value is -1.08. The molecule has 1 aromatic heterocycles. The van der Waals surface area contributed by atoms with Gasteiger partial charge in [-0.25, -0.2) is 23.1 Å². The van der Waals surface area contributed by atoms with E-state index in [9.17, 15) is 73.0 Å². The van der Waals surface area contributed by atoms with E-state index >= 15 is 0 Å². The largest absolute Gasteiger partial charge is 0.490 e. The van der Waals surface area contributed by atoms with Crippen molar-refractivity contribution in [3.8, 4) is 0 Å². The first-order valence-corrected chi connectivity index (χ1v) is 19.9. The molecule has 10 N–H and O–H groups in total. The van der Waals surface area contributed by atoms with Crippen molar-refractivity contribution in [2.45, 2.75) is 69.9 Å². The first-order chi connectivity index (χ1) is 22.5. The van der Waals surface area contributed by atoms with Crippen LogP contribution >= 0.6 is 31.3 Å². The Morgan fingerprint density at radius 1 is 0.816 bits per heavy atom. The van der Waals surface area contributed by atoms with Gasteiger partial charge in [-0.05, 0) is 19.6 Å². The average Bonchev–Trinajstić information content (AvgIpc) is 3.24. The molecule has 286 valence electrons. The van der Waals surface area contributed by atoms with Crippen LogP contribution in [-0.4, -0.2) is 135 Å². The Morgan fingerprint density at radius 2 is 1.35 bits per heavy atom. The Bertz CT molecular complexity index is 1530. The second kappa shape index (κ2) is 18.1. The van der Waals surface area contributed by atoms with E-state index in [0.717, 1.165) is 12.3 Å². The number of aliphatic hydroxyl groups is 5. The van der Waals surface area contributed by atoms with E-state index < -0.39 is 105 Å². The molecule has 0 bridgehead atoms. The van der Waals surface area contributed by atoms with Gasteiger partial charge in [0.05, 0.1) is 13.2 Å². The molecule has 2 fully saturated rings. The van der Waals surface area contributed by atoms with Gasteiger partial charge in [0.25, 0.3) is 5.56 Å². The molecule has 0 aromatic carbocycles. The molecule has 25 nitrogen and oxygen atoms in total. The fraction of sp³-hybridized carbons (Fsp3) is 0.800. The summed E-state index contributed by atoms with van der Waals surface area (Å²) in [6.45, 7) is 8.19. The third kappa shape index (κ3) is 13.4. The number of rotatable bonds is 15. The molecule has 0 aliphatic carbocycles. The van der Waals surface area contributed by atoms with Gasteiger partial charge in [0, 0.05) is 12.3 Å². The summed E-state index contributed by atoms with van der Waals surface area (Å²) in [5.41, 5.74) is -1.87. The van der Waals surface area contributed by atoms with E-state index in [1.165, 1.54) is 19.6 Å². The third-order valence-corrected chi connectivity index (χ3v) is 12.4. The zero-order valence-corrected chi connectivity index (χ0v) is 29.4. The van der Waals surface area contributed by atoms with Crippen LogP contribution in [0.4, 0.5) is 0 Å². The number of nitrogens with one attached hydrogen (secondary N) is 1. The Kier molecular flexibility index (Phi) is 16.3. The summed E-state index contributed by atoms with van der Waals surface area (Å²) in [7, 11) is -24.1. The summed E-state index contributed by atoms with van der Waals surface area (Å²) in [5, 5.41) is 48.8. The predicted molar refractivity (Wildman–Crippen MR) is 158 cm³/mol. The predicted octanol–water partition coefficient (Wildman–Crippen LogP) is -2.57. The van der Waals surface area contributed by atoms with Gasteiger partial charge in [0.15, 0.2) is 12.5 Å². The highest BCUT2D eigenvalue weighted by Gasteiger charge is 2.50. The van der Waals surface area contributed by atoms with Crippen molar-refractivity contribution in [3.05, 3.63) is 33.1 Å². The van der Waals surface area contributed by atoms with Gasteiger partial charge in [0.2, 0.25) is 0 Å². The maximum absolute atomic E-state index is 12.1. The molecule has 1 aromatic rings. The van der Waals surface area contributed by atoms with Gasteiger partial charge in [-0.1, -0.05) is 20.8 Å². The number of aliphatic hydroxyl groups excluding tert-OH is 5. The van der Waals surface area contributed by atoms with E-state index in [2.05, 4.69) is 52.4 Å². The van der Waals surface area contributed by atoms with Crippen molar-refractivity contribution in [2.24, 2.45) is 0 Å². The van der Waals surface area contributed by atoms with Crippen LogP contribution in [0.1, 0.15) is 27.0 Å². The normalized spacial score (nSPS) is 32.3. The molecule has 29 heteroatoms. The number of phosphoric acid groups is 4. The first-order valence-electron chi connectivity index (χ1n) is 14.0. The van der Waals surface area contributed by atoms with Crippen LogP contribution in [-0.2, 0) is 49.7 Å². The van der Waals surface area contributed by atoms with Gasteiger partial charge in [-0.15, -0.1) is 0 Å². The van der Waals surface area contributed by atoms with Crippen molar-refractivity contribution in [1.82, 2.24) is 14.5 Å². The number of hydrogen-bond acceptors (Lipinski definition) is 19. The van der Waals surface area contributed by atoms with Gasteiger partial charge in [-0.3, -0.25) is 23.4 Å². The molecule has 0 saturated carbocycles. The summed E-state index contributed by atoms with van der Waals surface area (Å²) < 4.78 is 78.3. The highest BCUT2D eigenvalue weighted by atomic mass is 31.3. The molecule has 3 heterocycles. The number of ether oxygens (including phenoxy) is 2. The van der Waals surface area contributed by atoms with Crippen molar-refractivity contribution in [2.75, 3.05) is 32.8 Å². The molecule has 12 atom stereocenters.